The Morgan fingerprint density at radius 3 is 2.09 bits per heavy atom. The molecule has 34 heavy (non-hydrogen) atoms. The first kappa shape index (κ1) is 26.5. The average molecular weight is 496 g/mol. The van der Waals surface area contributed by atoms with Crippen molar-refractivity contribution in [3.05, 3.63) is 52.1 Å². The van der Waals surface area contributed by atoms with E-state index in [0.717, 1.165) is 12.1 Å². The van der Waals surface area contributed by atoms with E-state index in [1.807, 2.05) is 0 Å². The molecule has 1 amide bonds. The van der Waals surface area contributed by atoms with Gasteiger partial charge in [-0.2, -0.15) is 4.31 Å². The Balaban J connectivity index is 2.08. The molecule has 0 aromatic heterocycles. The summed E-state index contributed by atoms with van der Waals surface area (Å²) >= 11 is 0. The minimum absolute atomic E-state index is 0.0509. The van der Waals surface area contributed by atoms with E-state index >= 15 is 0 Å². The fraction of sp³-hybridized carbons (Fsp3) is 0.333. The van der Waals surface area contributed by atoms with Gasteiger partial charge < -0.3 is 19.5 Å². The second kappa shape index (κ2) is 11.4. The Bertz CT molecular complexity index is 1160. The lowest BCUT2D eigenvalue weighted by Gasteiger charge is -2.18. The lowest BCUT2D eigenvalue weighted by atomic mass is 10.1. The molecular formula is C21H25N3O9S. The minimum Gasteiger partial charge on any atom is -0.493 e. The Hall–Kier alpha value is -3.71. The fourth-order valence-electron chi connectivity index (χ4n) is 3.01. The van der Waals surface area contributed by atoms with Crippen LogP contribution in [0.5, 0.6) is 11.5 Å². The van der Waals surface area contributed by atoms with Gasteiger partial charge in [0.05, 0.1) is 30.1 Å². The molecule has 184 valence electrons. The van der Waals surface area contributed by atoms with Crippen LogP contribution in [0.1, 0.15) is 24.2 Å². The molecule has 2 rings (SSSR count). The fourth-order valence-corrected chi connectivity index (χ4v) is 4.47. The van der Waals surface area contributed by atoms with Crippen molar-refractivity contribution >= 4 is 33.3 Å². The molecule has 1 N–H and O–H groups in total. The minimum atomic E-state index is -3.64. The first-order valence-electron chi connectivity index (χ1n) is 10.1. The number of hydrogen-bond acceptors (Lipinski definition) is 9. The molecule has 2 aromatic rings. The first-order chi connectivity index (χ1) is 16.1. The SMILES string of the molecule is CCN(CC)S(=O)(=O)c1ccc(NC(=O)COC(=O)c2cc(OC)c(OC)cc2[N+](=O)[O-])cc1. The summed E-state index contributed by atoms with van der Waals surface area (Å²) in [5.41, 5.74) is -0.717. The standard InChI is InChI=1S/C21H25N3O9S/c1-5-23(6-2)34(29,30)15-9-7-14(8-10-15)22-20(25)13-33-21(26)16-11-18(31-3)19(32-4)12-17(16)24(27)28/h7-12H,5-6,13H2,1-4H3,(H,22,25). The van der Waals surface area contributed by atoms with Crippen LogP contribution in [0.25, 0.3) is 0 Å². The number of sulfonamides is 1. The molecule has 0 unspecified atom stereocenters. The lowest BCUT2D eigenvalue weighted by molar-refractivity contribution is -0.385. The van der Waals surface area contributed by atoms with E-state index in [4.69, 9.17) is 14.2 Å². The number of rotatable bonds is 11. The van der Waals surface area contributed by atoms with E-state index in [1.54, 1.807) is 13.8 Å². The summed E-state index contributed by atoms with van der Waals surface area (Å²) in [6.07, 6.45) is 0. The topological polar surface area (TPSA) is 154 Å². The summed E-state index contributed by atoms with van der Waals surface area (Å²) in [6, 6.07) is 7.60. The van der Waals surface area contributed by atoms with Crippen molar-refractivity contribution in [1.82, 2.24) is 4.31 Å². The number of esters is 1. The molecule has 0 spiro atoms. The normalized spacial score (nSPS) is 11.1. The predicted molar refractivity (Wildman–Crippen MR) is 122 cm³/mol. The highest BCUT2D eigenvalue weighted by atomic mass is 32.2. The number of methoxy groups -OCH3 is 2. The number of amides is 1. The number of ether oxygens (including phenoxy) is 3. The molecule has 2 aromatic carbocycles. The van der Waals surface area contributed by atoms with Crippen LogP contribution in [-0.2, 0) is 19.6 Å². The van der Waals surface area contributed by atoms with Gasteiger partial charge in [-0.05, 0) is 24.3 Å². The monoisotopic (exact) mass is 495 g/mol. The molecule has 13 heteroatoms. The van der Waals surface area contributed by atoms with Gasteiger partial charge in [0, 0.05) is 24.8 Å². The maximum atomic E-state index is 12.5. The van der Waals surface area contributed by atoms with Crippen LogP contribution < -0.4 is 14.8 Å². The third kappa shape index (κ3) is 5.99. The molecule has 0 bridgehead atoms. The van der Waals surface area contributed by atoms with Gasteiger partial charge in [0.15, 0.2) is 18.1 Å². The number of benzene rings is 2. The summed E-state index contributed by atoms with van der Waals surface area (Å²) < 4.78 is 41.3. The molecule has 0 saturated carbocycles. The molecule has 0 heterocycles. The Morgan fingerprint density at radius 1 is 1.03 bits per heavy atom. The summed E-state index contributed by atoms with van der Waals surface area (Å²) in [7, 11) is -1.06. The smallest absolute Gasteiger partial charge is 0.345 e. The average Bonchev–Trinajstić information content (AvgIpc) is 2.82. The quantitative estimate of drug-likeness (QED) is 0.281. The van der Waals surface area contributed by atoms with Crippen molar-refractivity contribution in [2.45, 2.75) is 18.7 Å². The molecular weight excluding hydrogens is 470 g/mol. The highest BCUT2D eigenvalue weighted by molar-refractivity contribution is 7.89. The zero-order valence-electron chi connectivity index (χ0n) is 19.1. The summed E-state index contributed by atoms with van der Waals surface area (Å²) in [5, 5.41) is 13.8. The molecule has 0 aliphatic heterocycles. The van der Waals surface area contributed by atoms with Crippen LogP contribution in [0.4, 0.5) is 11.4 Å². The predicted octanol–water partition coefficient (Wildman–Crippen LogP) is 2.44. The van der Waals surface area contributed by atoms with Crippen molar-refractivity contribution in [3.8, 4) is 11.5 Å². The van der Waals surface area contributed by atoms with Crippen LogP contribution in [0.2, 0.25) is 0 Å². The van der Waals surface area contributed by atoms with Crippen molar-refractivity contribution in [2.24, 2.45) is 0 Å². The highest BCUT2D eigenvalue weighted by Gasteiger charge is 2.26. The van der Waals surface area contributed by atoms with E-state index in [0.29, 0.717) is 13.1 Å². The van der Waals surface area contributed by atoms with Crippen LogP contribution in [0, 0.1) is 10.1 Å². The van der Waals surface area contributed by atoms with E-state index in [1.165, 1.54) is 42.8 Å². The highest BCUT2D eigenvalue weighted by Crippen LogP contribution is 2.34. The molecule has 0 aliphatic carbocycles. The number of carbonyl (C=O) groups excluding carboxylic acids is 2. The second-order valence-electron chi connectivity index (χ2n) is 6.72. The largest absolute Gasteiger partial charge is 0.493 e. The van der Waals surface area contributed by atoms with Gasteiger partial charge in [0.2, 0.25) is 10.0 Å². The van der Waals surface area contributed by atoms with Crippen molar-refractivity contribution < 1.29 is 37.1 Å². The number of nitrogens with zero attached hydrogens (tertiary/aromatic N) is 2. The Morgan fingerprint density at radius 2 is 1.59 bits per heavy atom. The third-order valence-corrected chi connectivity index (χ3v) is 6.80. The zero-order valence-corrected chi connectivity index (χ0v) is 19.9. The molecule has 0 aliphatic rings. The molecule has 12 nitrogen and oxygen atoms in total. The zero-order chi connectivity index (χ0) is 25.5. The van der Waals surface area contributed by atoms with Gasteiger partial charge in [0.25, 0.3) is 11.6 Å². The molecule has 0 radical (unpaired) electrons. The van der Waals surface area contributed by atoms with Crippen molar-refractivity contribution in [2.75, 3.05) is 39.2 Å². The number of nitrogens with one attached hydrogen (secondary N) is 1. The maximum absolute atomic E-state index is 12.5. The number of hydrogen-bond donors (Lipinski definition) is 1. The van der Waals surface area contributed by atoms with Crippen molar-refractivity contribution in [1.29, 1.82) is 0 Å². The number of nitro benzene ring substituents is 1. The van der Waals surface area contributed by atoms with Crippen LogP contribution in [0.3, 0.4) is 0 Å². The summed E-state index contributed by atoms with van der Waals surface area (Å²) in [4.78, 5) is 35.2. The first-order valence-corrected chi connectivity index (χ1v) is 11.5. The van der Waals surface area contributed by atoms with Gasteiger partial charge in [-0.15, -0.1) is 0 Å². The van der Waals surface area contributed by atoms with E-state index < -0.39 is 44.7 Å². The van der Waals surface area contributed by atoms with Gasteiger partial charge in [-0.1, -0.05) is 13.8 Å². The summed E-state index contributed by atoms with van der Waals surface area (Å²) in [6.45, 7) is 3.37. The molecule has 0 saturated heterocycles. The Kier molecular flexibility index (Phi) is 8.92. The Labute approximate surface area is 196 Å². The second-order valence-corrected chi connectivity index (χ2v) is 8.66. The number of anilines is 1. The molecule has 0 fully saturated rings. The van der Waals surface area contributed by atoms with Crippen molar-refractivity contribution in [3.63, 3.8) is 0 Å². The van der Waals surface area contributed by atoms with Gasteiger partial charge >= 0.3 is 5.97 Å². The number of carbonyl (C=O) groups is 2. The van der Waals surface area contributed by atoms with Gasteiger partial charge in [-0.25, -0.2) is 13.2 Å². The summed E-state index contributed by atoms with van der Waals surface area (Å²) in [5.74, 6) is -1.71. The number of nitro groups is 1. The lowest BCUT2D eigenvalue weighted by Crippen LogP contribution is -2.30. The van der Waals surface area contributed by atoms with E-state index in [2.05, 4.69) is 5.32 Å². The molecule has 0 atom stereocenters. The van der Waals surface area contributed by atoms with Crippen LogP contribution in [0.15, 0.2) is 41.3 Å². The van der Waals surface area contributed by atoms with Crippen LogP contribution in [-0.4, -0.2) is 63.4 Å². The van der Waals surface area contributed by atoms with Crippen LogP contribution >= 0.6 is 0 Å². The van der Waals surface area contributed by atoms with E-state index in [9.17, 15) is 28.1 Å². The van der Waals surface area contributed by atoms with Gasteiger partial charge in [-0.3, -0.25) is 14.9 Å². The third-order valence-electron chi connectivity index (χ3n) is 4.73. The maximum Gasteiger partial charge on any atom is 0.345 e. The van der Waals surface area contributed by atoms with Gasteiger partial charge in [0.1, 0.15) is 5.56 Å². The van der Waals surface area contributed by atoms with E-state index in [-0.39, 0.29) is 22.1 Å².